The molecule has 1 aliphatic carbocycles. The van der Waals surface area contributed by atoms with Crippen LogP contribution in [0, 0.1) is 22.0 Å². The molecule has 0 spiro atoms. The molecule has 3 unspecified atom stereocenters. The predicted octanol–water partition coefficient (Wildman–Crippen LogP) is 3.83. The first-order chi connectivity index (χ1) is 14.4. The van der Waals surface area contributed by atoms with E-state index in [9.17, 15) is 19.7 Å². The number of anilines is 2. The lowest BCUT2D eigenvalue weighted by atomic mass is 9.74. The molecule has 2 aromatic rings. The smallest absolute Gasteiger partial charge is 0.316 e. The van der Waals surface area contributed by atoms with Crippen molar-refractivity contribution in [1.29, 1.82) is 0 Å². The topological polar surface area (TPSA) is 111 Å². The first-order valence-corrected chi connectivity index (χ1v) is 9.63. The monoisotopic (exact) mass is 407 g/mol. The van der Waals surface area contributed by atoms with Crippen LogP contribution < -0.4 is 10.6 Å². The van der Waals surface area contributed by atoms with E-state index in [2.05, 4.69) is 10.6 Å². The highest BCUT2D eigenvalue weighted by atomic mass is 16.6. The van der Waals surface area contributed by atoms with Crippen LogP contribution in [0.5, 0.6) is 0 Å². The lowest BCUT2D eigenvalue weighted by Crippen LogP contribution is -2.39. The number of hydrogen-bond acceptors (Lipinski definition) is 7. The van der Waals surface area contributed by atoms with Crippen molar-refractivity contribution in [3.8, 4) is 0 Å². The second-order valence-corrected chi connectivity index (χ2v) is 7.50. The Morgan fingerprint density at radius 2 is 1.80 bits per heavy atom. The average Bonchev–Trinajstić information content (AvgIpc) is 2.90. The first kappa shape index (κ1) is 19.6. The van der Waals surface area contributed by atoms with Gasteiger partial charge in [-0.05, 0) is 30.5 Å². The summed E-state index contributed by atoms with van der Waals surface area (Å²) in [4.78, 5) is 37.1. The third-order valence-corrected chi connectivity index (χ3v) is 5.67. The zero-order chi connectivity index (χ0) is 21.4. The quantitative estimate of drug-likeness (QED) is 0.344. The van der Waals surface area contributed by atoms with Crippen molar-refractivity contribution in [1.82, 2.24) is 0 Å². The average molecular weight is 407 g/mol. The van der Waals surface area contributed by atoms with Gasteiger partial charge < -0.3 is 15.4 Å². The van der Waals surface area contributed by atoms with Crippen LogP contribution in [0.15, 0.2) is 59.8 Å². The Kier molecular flexibility index (Phi) is 4.99. The van der Waals surface area contributed by atoms with E-state index < -0.39 is 22.9 Å². The van der Waals surface area contributed by atoms with E-state index in [1.165, 1.54) is 13.2 Å². The van der Waals surface area contributed by atoms with Crippen LogP contribution in [-0.2, 0) is 14.3 Å². The van der Waals surface area contributed by atoms with E-state index in [1.54, 1.807) is 18.2 Å². The number of fused-ring (bicyclic) bond motifs is 1. The van der Waals surface area contributed by atoms with Crippen LogP contribution in [0.4, 0.5) is 17.1 Å². The number of nitro benzene ring substituents is 1. The summed E-state index contributed by atoms with van der Waals surface area (Å²) >= 11 is 0. The molecule has 1 aliphatic heterocycles. The molecule has 30 heavy (non-hydrogen) atoms. The van der Waals surface area contributed by atoms with Gasteiger partial charge in [-0.25, -0.2) is 0 Å². The van der Waals surface area contributed by atoms with Gasteiger partial charge in [-0.2, -0.15) is 0 Å². The van der Waals surface area contributed by atoms with Gasteiger partial charge in [0.05, 0.1) is 35.0 Å². The number of ether oxygens (including phenoxy) is 1. The molecule has 154 valence electrons. The van der Waals surface area contributed by atoms with Crippen molar-refractivity contribution in [3.63, 3.8) is 0 Å². The molecule has 0 saturated carbocycles. The molecule has 8 nitrogen and oxygen atoms in total. The Hall–Kier alpha value is -3.68. The number of carbonyl (C=O) groups is 2. The fourth-order valence-electron chi connectivity index (χ4n) is 4.26. The van der Waals surface area contributed by atoms with Gasteiger partial charge in [0.2, 0.25) is 0 Å². The minimum Gasteiger partial charge on any atom is -0.468 e. The van der Waals surface area contributed by atoms with Gasteiger partial charge >= 0.3 is 5.97 Å². The van der Waals surface area contributed by atoms with Crippen molar-refractivity contribution >= 4 is 28.8 Å². The molecule has 0 fully saturated rings. The van der Waals surface area contributed by atoms with Gasteiger partial charge in [-0.15, -0.1) is 0 Å². The number of ketones is 1. The number of carbonyl (C=O) groups excluding carboxylic acids is 2. The summed E-state index contributed by atoms with van der Waals surface area (Å²) in [6.45, 7) is 1.83. The maximum Gasteiger partial charge on any atom is 0.316 e. The summed E-state index contributed by atoms with van der Waals surface area (Å²) < 4.78 is 4.87. The van der Waals surface area contributed by atoms with Crippen molar-refractivity contribution in [2.45, 2.75) is 19.4 Å². The van der Waals surface area contributed by atoms with Crippen LogP contribution in [-0.4, -0.2) is 23.8 Å². The van der Waals surface area contributed by atoms with Crippen LogP contribution in [0.3, 0.4) is 0 Å². The fourth-order valence-corrected chi connectivity index (χ4v) is 4.26. The number of esters is 1. The molecule has 3 atom stereocenters. The zero-order valence-electron chi connectivity index (χ0n) is 16.5. The minimum atomic E-state index is -0.955. The van der Waals surface area contributed by atoms with E-state index in [0.29, 0.717) is 28.9 Å². The van der Waals surface area contributed by atoms with Gasteiger partial charge in [0, 0.05) is 17.3 Å². The molecule has 4 rings (SSSR count). The lowest BCUT2D eigenvalue weighted by Gasteiger charge is -2.32. The number of nitrogens with one attached hydrogen (secondary N) is 2. The number of methoxy groups -OCH3 is 1. The standard InChI is InChI=1S/C22H21N3O5/c1-12-11-16-19(21(26)18(12)22(27)30-2)20(13-7-3-6-10-17(13)25(28)29)24-15-9-5-4-8-14(15)23-16/h3-10,12,18,20,23-24H,11H2,1-2H3. The second-order valence-electron chi connectivity index (χ2n) is 7.50. The van der Waals surface area contributed by atoms with Crippen molar-refractivity contribution in [2.24, 2.45) is 11.8 Å². The summed E-state index contributed by atoms with van der Waals surface area (Å²) in [7, 11) is 1.26. The van der Waals surface area contributed by atoms with Crippen molar-refractivity contribution in [2.75, 3.05) is 17.7 Å². The van der Waals surface area contributed by atoms with E-state index in [4.69, 9.17) is 4.74 Å². The van der Waals surface area contributed by atoms with E-state index in [-0.39, 0.29) is 17.4 Å². The van der Waals surface area contributed by atoms with Crippen molar-refractivity contribution in [3.05, 3.63) is 75.5 Å². The molecule has 0 aromatic heterocycles. The lowest BCUT2D eigenvalue weighted by molar-refractivity contribution is -0.385. The highest BCUT2D eigenvalue weighted by Crippen LogP contribution is 2.45. The number of nitro groups is 1. The number of hydrogen-bond donors (Lipinski definition) is 2. The maximum absolute atomic E-state index is 13.5. The molecule has 0 radical (unpaired) electrons. The summed E-state index contributed by atoms with van der Waals surface area (Å²) in [5, 5.41) is 18.3. The number of Topliss-reactive ketones (excluding diaryl/α,β-unsaturated/α-hetero) is 1. The largest absolute Gasteiger partial charge is 0.468 e. The third-order valence-electron chi connectivity index (χ3n) is 5.67. The first-order valence-electron chi connectivity index (χ1n) is 9.63. The highest BCUT2D eigenvalue weighted by molar-refractivity contribution is 6.11. The second kappa shape index (κ2) is 7.62. The molecule has 2 aliphatic rings. The Morgan fingerprint density at radius 1 is 1.13 bits per heavy atom. The van der Waals surface area contributed by atoms with Crippen LogP contribution in [0.25, 0.3) is 0 Å². The van der Waals surface area contributed by atoms with E-state index in [0.717, 1.165) is 5.69 Å². The van der Waals surface area contributed by atoms with Gasteiger partial charge in [-0.3, -0.25) is 19.7 Å². The summed E-state index contributed by atoms with van der Waals surface area (Å²) in [5.41, 5.74) is 2.73. The normalized spacial score (nSPS) is 22.7. The molecule has 2 N–H and O–H groups in total. The van der Waals surface area contributed by atoms with Gasteiger partial charge in [0.15, 0.2) is 5.78 Å². The summed E-state index contributed by atoms with van der Waals surface area (Å²) in [5.74, 6) is -2.20. The molecule has 8 heteroatoms. The SMILES string of the molecule is COC(=O)C1C(=O)C2=C(CC1C)Nc1ccccc1NC2c1ccccc1[N+](=O)[O-]. The zero-order valence-corrected chi connectivity index (χ0v) is 16.5. The molecule has 0 amide bonds. The Labute approximate surface area is 173 Å². The molecular formula is C22H21N3O5. The number of rotatable bonds is 3. The summed E-state index contributed by atoms with van der Waals surface area (Å²) in [6, 6.07) is 13.0. The maximum atomic E-state index is 13.5. The van der Waals surface area contributed by atoms with Crippen molar-refractivity contribution < 1.29 is 19.2 Å². The van der Waals surface area contributed by atoms with Gasteiger partial charge in [0.25, 0.3) is 5.69 Å². The van der Waals surface area contributed by atoms with Crippen LogP contribution in [0.2, 0.25) is 0 Å². The van der Waals surface area contributed by atoms with Gasteiger partial charge in [-0.1, -0.05) is 31.2 Å². The minimum absolute atomic E-state index is 0.0951. The van der Waals surface area contributed by atoms with Gasteiger partial charge in [0.1, 0.15) is 5.92 Å². The van der Waals surface area contributed by atoms with Crippen LogP contribution in [0.1, 0.15) is 24.9 Å². The highest BCUT2D eigenvalue weighted by Gasteiger charge is 2.45. The Bertz CT molecular complexity index is 1080. The van der Waals surface area contributed by atoms with E-state index in [1.807, 2.05) is 31.2 Å². The Balaban J connectivity index is 1.93. The van der Waals surface area contributed by atoms with Crippen LogP contribution >= 0.6 is 0 Å². The summed E-state index contributed by atoms with van der Waals surface area (Å²) in [6.07, 6.45) is 0.438. The fraction of sp³-hybridized carbons (Fsp3) is 0.273. The molecule has 0 saturated heterocycles. The molecule has 1 heterocycles. The molecule has 0 bridgehead atoms. The molecule has 2 aromatic carbocycles. The third kappa shape index (κ3) is 3.20. The number of allylic oxidation sites excluding steroid dienone is 1. The van der Waals surface area contributed by atoms with E-state index >= 15 is 0 Å². The number of benzene rings is 2. The number of para-hydroxylation sites is 3. The molecular weight excluding hydrogens is 386 g/mol. The number of nitrogens with zero attached hydrogens (tertiary/aromatic N) is 1. The Morgan fingerprint density at radius 3 is 2.50 bits per heavy atom. The predicted molar refractivity (Wildman–Crippen MR) is 111 cm³/mol.